The van der Waals surface area contributed by atoms with Crippen LogP contribution in [0, 0.1) is 0 Å². The van der Waals surface area contributed by atoms with Gasteiger partial charge in [-0.05, 0) is 81.2 Å². The fourth-order valence-electron chi connectivity index (χ4n) is 5.39. The van der Waals surface area contributed by atoms with E-state index in [-0.39, 0.29) is 23.6 Å². The van der Waals surface area contributed by atoms with Gasteiger partial charge in [-0.25, -0.2) is 9.98 Å². The summed E-state index contributed by atoms with van der Waals surface area (Å²) < 4.78 is 11.3. The summed E-state index contributed by atoms with van der Waals surface area (Å²) in [5.74, 6) is 2.13. The second-order valence-corrected chi connectivity index (χ2v) is 15.1. The third-order valence-corrected chi connectivity index (χ3v) is 9.97. The van der Waals surface area contributed by atoms with Crippen molar-refractivity contribution in [3.05, 3.63) is 75.1 Å². The molecule has 15 nitrogen and oxygen atoms in total. The summed E-state index contributed by atoms with van der Waals surface area (Å²) in [4.78, 5) is 65.6. The Balaban J connectivity index is 0.000000162. The minimum atomic E-state index is -0.310. The number of pyridine rings is 1. The molecule has 17 heteroatoms. The number of carbonyl (C=O) groups excluding carboxylic acids is 4. The van der Waals surface area contributed by atoms with Gasteiger partial charge in [-0.15, -0.1) is 0 Å². The van der Waals surface area contributed by atoms with E-state index in [9.17, 15) is 24.3 Å². The first-order chi connectivity index (χ1) is 27.5. The van der Waals surface area contributed by atoms with Crippen LogP contribution in [-0.4, -0.2) is 81.1 Å². The first-order valence-electron chi connectivity index (χ1n) is 18.4. The fourth-order valence-corrected chi connectivity index (χ4v) is 7.03. The topological polar surface area (TPSA) is 206 Å². The van der Waals surface area contributed by atoms with Crippen molar-refractivity contribution in [1.82, 2.24) is 15.3 Å². The van der Waals surface area contributed by atoms with Crippen LogP contribution in [0.2, 0.25) is 0 Å². The van der Waals surface area contributed by atoms with Crippen molar-refractivity contribution >= 4 is 91.8 Å². The molecule has 4 N–H and O–H groups in total. The van der Waals surface area contributed by atoms with Crippen molar-refractivity contribution in [2.45, 2.75) is 65.5 Å². The maximum absolute atomic E-state index is 11.3. The zero-order valence-electron chi connectivity index (χ0n) is 31.8. The molecule has 2 aliphatic carbocycles. The highest BCUT2D eigenvalue weighted by molar-refractivity contribution is 8.15. The molecule has 2 aromatic heterocycles. The molecule has 4 aliphatic rings. The normalized spacial score (nSPS) is 17.2. The second-order valence-electron chi connectivity index (χ2n) is 13.1. The van der Waals surface area contributed by atoms with Gasteiger partial charge in [0.15, 0.2) is 16.1 Å². The number of aliphatic imine (C=N–C) groups is 2. The Morgan fingerprint density at radius 3 is 2.47 bits per heavy atom. The summed E-state index contributed by atoms with van der Waals surface area (Å²) >= 11 is 2.93. The first-order valence-corrected chi connectivity index (χ1v) is 20.2. The lowest BCUT2D eigenvalue weighted by molar-refractivity contribution is -0.117. The molecule has 0 unspecified atom stereocenters. The van der Waals surface area contributed by atoms with E-state index in [0.29, 0.717) is 75.5 Å². The van der Waals surface area contributed by atoms with E-state index < -0.39 is 0 Å². The summed E-state index contributed by atoms with van der Waals surface area (Å²) in [5.41, 5.74) is 2.04. The van der Waals surface area contributed by atoms with Gasteiger partial charge in [0.2, 0.25) is 23.6 Å². The van der Waals surface area contributed by atoms with Crippen LogP contribution in [0.3, 0.4) is 0 Å². The van der Waals surface area contributed by atoms with Crippen LogP contribution in [0.1, 0.15) is 74.2 Å². The molecule has 4 aromatic rings. The molecule has 2 aliphatic heterocycles. The Morgan fingerprint density at radius 2 is 1.82 bits per heavy atom. The fraction of sp³-hybridized carbons (Fsp3) is 0.325. The number of ether oxygens (including phenoxy) is 2. The second kappa shape index (κ2) is 18.8. The zero-order chi connectivity index (χ0) is 40.5. The molecule has 2 saturated carbocycles. The molecule has 0 atom stereocenters. The van der Waals surface area contributed by atoms with E-state index in [2.05, 4.69) is 40.9 Å². The largest absolute Gasteiger partial charge is 0.493 e. The van der Waals surface area contributed by atoms with Gasteiger partial charge in [-0.3, -0.25) is 24.2 Å². The standard InChI is InChI=1S/C20H20N4O3S.C14H14N2O3.C6H8N2OS/c1-3-27-16-10-18(21-11(2)25)23-15-7-4-12(8-14(15)16)9-17-19(26)24-20(28-17)22-13-5-6-13;1-3-19-13-7-14(15-9(2)18)16-12-5-4-10(8-17)6-11(12)13;9-5-3-10-6(8-5)7-4-1-2-4/h4,7-10,13,26H,3,5-6H2,1-2H3,(H,22,24);4-8H,3H2,1-2H3,(H,15,16,18);4H,1-3H2,(H,7,8,9). The lowest BCUT2D eigenvalue weighted by Gasteiger charge is -2.13. The van der Waals surface area contributed by atoms with E-state index in [1.54, 1.807) is 30.3 Å². The maximum atomic E-state index is 11.3. The minimum Gasteiger partial charge on any atom is -0.493 e. The molecule has 0 radical (unpaired) electrons. The molecule has 3 fully saturated rings. The smallest absolute Gasteiger partial charge is 0.244 e. The lowest BCUT2D eigenvalue weighted by atomic mass is 10.1. The Morgan fingerprint density at radius 1 is 1.04 bits per heavy atom. The van der Waals surface area contributed by atoms with Crippen molar-refractivity contribution in [1.29, 1.82) is 0 Å². The number of aromatic hydroxyl groups is 1. The molecular formula is C40H42N8O7S2. The third kappa shape index (κ3) is 11.8. The van der Waals surface area contributed by atoms with Gasteiger partial charge in [0, 0.05) is 48.5 Å². The number of rotatable bonds is 10. The van der Waals surface area contributed by atoms with E-state index in [1.807, 2.05) is 38.1 Å². The van der Waals surface area contributed by atoms with Gasteiger partial charge in [-0.1, -0.05) is 29.2 Å². The highest BCUT2D eigenvalue weighted by Gasteiger charge is 2.25. The summed E-state index contributed by atoms with van der Waals surface area (Å²) in [6.07, 6.45) is 9.01. The number of nitrogens with zero attached hydrogens (tertiary/aromatic N) is 5. The Hall–Kier alpha value is -5.94. The van der Waals surface area contributed by atoms with Crippen LogP contribution in [0.15, 0.2) is 63.5 Å². The zero-order valence-corrected chi connectivity index (χ0v) is 33.5. The van der Waals surface area contributed by atoms with E-state index >= 15 is 0 Å². The number of thiazole rings is 1. The van der Waals surface area contributed by atoms with Crippen LogP contribution in [0.4, 0.5) is 10.9 Å². The van der Waals surface area contributed by atoms with Crippen molar-refractivity contribution in [2.24, 2.45) is 15.0 Å². The molecule has 1 saturated heterocycles. The molecular weight excluding hydrogens is 769 g/mol. The van der Waals surface area contributed by atoms with Crippen molar-refractivity contribution < 1.29 is 33.8 Å². The third-order valence-electron chi connectivity index (χ3n) is 8.16. The number of hydrogen-bond acceptors (Lipinski definition) is 13. The van der Waals surface area contributed by atoms with Crippen LogP contribution in [0.25, 0.3) is 22.7 Å². The van der Waals surface area contributed by atoms with Crippen LogP contribution in [0.5, 0.6) is 11.6 Å². The summed E-state index contributed by atoms with van der Waals surface area (Å²) in [7, 11) is 0. The van der Waals surface area contributed by atoms with Gasteiger partial charge in [0.1, 0.15) is 23.6 Å². The predicted molar refractivity (Wildman–Crippen MR) is 223 cm³/mol. The summed E-state index contributed by atoms with van der Waals surface area (Å²) in [5, 5.41) is 22.7. The molecule has 4 heterocycles. The van der Waals surface area contributed by atoms with Crippen molar-refractivity contribution in [2.75, 3.05) is 29.6 Å². The molecule has 3 amide bonds. The average Bonchev–Trinajstić information content (AvgIpc) is 4.09. The van der Waals surface area contributed by atoms with Gasteiger partial charge >= 0.3 is 0 Å². The van der Waals surface area contributed by atoms with E-state index in [0.717, 1.165) is 45.6 Å². The Labute approximate surface area is 336 Å². The molecule has 0 spiro atoms. The van der Waals surface area contributed by atoms with E-state index in [4.69, 9.17) is 9.47 Å². The number of thioether (sulfide) groups is 1. The average molecular weight is 811 g/mol. The number of anilines is 2. The van der Waals surface area contributed by atoms with E-state index in [1.165, 1.54) is 49.8 Å². The highest BCUT2D eigenvalue weighted by Crippen LogP contribution is 2.33. The first kappa shape index (κ1) is 40.7. The monoisotopic (exact) mass is 810 g/mol. The predicted octanol–water partition coefficient (Wildman–Crippen LogP) is 4.98. The van der Waals surface area contributed by atoms with Crippen molar-refractivity contribution in [3.63, 3.8) is 0 Å². The number of hydrogen-bond donors (Lipinski definition) is 4. The summed E-state index contributed by atoms with van der Waals surface area (Å²) in [6.45, 7) is 7.55. The quantitative estimate of drug-likeness (QED) is 0.157. The van der Waals surface area contributed by atoms with Gasteiger partial charge in [0.25, 0.3) is 0 Å². The maximum Gasteiger partial charge on any atom is 0.244 e. The SMILES string of the molecule is CCOC1=CC(=NC(C)=O)N=c2ccc(=Cc3sc(NC4CC4)nc3O)cc21.CCOc1cc(NC(C)=O)nc2ccc(C=O)cc12.O=C1CSC(=NC2CC2)N1. The number of amides is 3. The minimum absolute atomic E-state index is 0.0204. The molecule has 8 rings (SSSR count). The van der Waals surface area contributed by atoms with Gasteiger partial charge in [-0.2, -0.15) is 9.98 Å². The van der Waals surface area contributed by atoms with Crippen LogP contribution >= 0.6 is 23.1 Å². The molecule has 0 bridgehead atoms. The molecule has 2 aromatic carbocycles. The number of fused-ring (bicyclic) bond motifs is 2. The summed E-state index contributed by atoms with van der Waals surface area (Å²) in [6, 6.07) is 13.5. The number of nitrogens with one attached hydrogen (secondary N) is 3. The Kier molecular flexibility index (Phi) is 13.4. The van der Waals surface area contributed by atoms with Crippen LogP contribution in [-0.2, 0) is 19.1 Å². The highest BCUT2D eigenvalue weighted by atomic mass is 32.2. The Bertz CT molecular complexity index is 2420. The molecule has 296 valence electrons. The van der Waals surface area contributed by atoms with Crippen LogP contribution < -0.4 is 31.3 Å². The number of aldehydes is 1. The molecule has 57 heavy (non-hydrogen) atoms. The van der Waals surface area contributed by atoms with Gasteiger partial charge < -0.3 is 30.5 Å². The van der Waals surface area contributed by atoms with Gasteiger partial charge in [0.05, 0.1) is 40.8 Å². The number of carbonyl (C=O) groups is 4. The van der Waals surface area contributed by atoms with Crippen molar-refractivity contribution in [3.8, 4) is 11.6 Å². The number of amidine groups is 2. The lowest BCUT2D eigenvalue weighted by Crippen LogP contribution is -2.21. The number of benzene rings is 2. The number of aromatic nitrogens is 2.